The second kappa shape index (κ2) is 12.8. The van der Waals surface area contributed by atoms with E-state index < -0.39 is 0 Å². The van der Waals surface area contributed by atoms with Gasteiger partial charge in [-0.15, -0.1) is 0 Å². The van der Waals surface area contributed by atoms with Crippen LogP contribution in [0.3, 0.4) is 0 Å². The fraction of sp³-hybridized carbons (Fsp3) is 0. The van der Waals surface area contributed by atoms with Crippen LogP contribution in [-0.2, 0) is 0 Å². The summed E-state index contributed by atoms with van der Waals surface area (Å²) < 4.78 is 0. The van der Waals surface area contributed by atoms with Crippen molar-refractivity contribution >= 4 is 66.4 Å². The Bertz CT molecular complexity index is 2780. The second-order valence-electron chi connectivity index (χ2n) is 12.8. The lowest BCUT2D eigenvalue weighted by Crippen LogP contribution is -2.11. The molecule has 0 N–H and O–H groups in total. The fourth-order valence-corrected chi connectivity index (χ4v) is 7.40. The summed E-state index contributed by atoms with van der Waals surface area (Å²) in [4.78, 5) is 4.56. The van der Waals surface area contributed by atoms with Gasteiger partial charge >= 0.3 is 0 Å². The van der Waals surface area contributed by atoms with Gasteiger partial charge in [-0.3, -0.25) is 0 Å². The first-order valence-corrected chi connectivity index (χ1v) is 17.2. The fourth-order valence-electron chi connectivity index (χ4n) is 7.40. The molecule has 9 aromatic carbocycles. The van der Waals surface area contributed by atoms with Crippen LogP contribution in [-0.4, -0.2) is 0 Å². The molecule has 0 radical (unpaired) electrons. The molecule has 0 saturated carbocycles. The third-order valence-corrected chi connectivity index (χ3v) is 9.86. The minimum absolute atomic E-state index is 0.622. The summed E-state index contributed by atoms with van der Waals surface area (Å²) in [6, 6.07) is 67.3. The van der Waals surface area contributed by atoms with Crippen LogP contribution in [0.25, 0.3) is 43.4 Å². The number of benzene rings is 9. The molecule has 9 rings (SSSR count). The van der Waals surface area contributed by atoms with Crippen molar-refractivity contribution in [3.63, 3.8) is 0 Å². The van der Waals surface area contributed by atoms with E-state index in [-0.39, 0.29) is 0 Å². The summed E-state index contributed by atoms with van der Waals surface area (Å²) in [5.74, 6) is 0. The Morgan fingerprint density at radius 1 is 0.327 bits per heavy atom. The van der Waals surface area contributed by atoms with Gasteiger partial charge in [0.15, 0.2) is 0 Å². The van der Waals surface area contributed by atoms with Crippen LogP contribution in [0, 0.1) is 22.7 Å². The first-order valence-electron chi connectivity index (χ1n) is 17.2. The summed E-state index contributed by atoms with van der Waals surface area (Å²) in [5.41, 5.74) is 9.69. The molecule has 0 aromatic heterocycles. The molecule has 0 saturated heterocycles. The van der Waals surface area contributed by atoms with E-state index in [4.69, 9.17) is 0 Å². The average Bonchev–Trinajstić information content (AvgIpc) is 3.22. The Kier molecular flexibility index (Phi) is 7.55. The molecule has 0 unspecified atom stereocenters. The molecule has 0 bridgehead atoms. The van der Waals surface area contributed by atoms with E-state index in [1.54, 1.807) is 0 Å². The molecule has 4 heteroatoms. The van der Waals surface area contributed by atoms with E-state index in [9.17, 15) is 10.5 Å². The number of rotatable bonds is 7. The van der Waals surface area contributed by atoms with Crippen molar-refractivity contribution in [2.24, 2.45) is 0 Å². The molecular formula is C48H30N4. The highest BCUT2D eigenvalue weighted by molar-refractivity contribution is 6.28. The van der Waals surface area contributed by atoms with Crippen molar-refractivity contribution in [2.45, 2.75) is 0 Å². The molecule has 0 spiro atoms. The minimum Gasteiger partial charge on any atom is -0.310 e. The van der Waals surface area contributed by atoms with Gasteiger partial charge in [-0.05, 0) is 118 Å². The van der Waals surface area contributed by atoms with Crippen LogP contribution < -0.4 is 9.80 Å². The van der Waals surface area contributed by atoms with Gasteiger partial charge in [0.25, 0.3) is 0 Å². The van der Waals surface area contributed by atoms with Crippen LogP contribution >= 0.6 is 0 Å². The minimum atomic E-state index is 0.622. The highest BCUT2D eigenvalue weighted by Crippen LogP contribution is 2.47. The monoisotopic (exact) mass is 662 g/mol. The van der Waals surface area contributed by atoms with Crippen molar-refractivity contribution in [2.75, 3.05) is 9.80 Å². The van der Waals surface area contributed by atoms with Crippen molar-refractivity contribution in [1.82, 2.24) is 0 Å². The van der Waals surface area contributed by atoms with E-state index in [0.29, 0.717) is 11.1 Å². The van der Waals surface area contributed by atoms with Gasteiger partial charge in [0.1, 0.15) is 0 Å². The van der Waals surface area contributed by atoms with Gasteiger partial charge in [-0.1, -0.05) is 97.1 Å². The number of hydrogen-bond donors (Lipinski definition) is 0. The smallest absolute Gasteiger partial charge is 0.0991 e. The molecule has 9 aromatic rings. The summed E-state index contributed by atoms with van der Waals surface area (Å²) >= 11 is 0. The summed E-state index contributed by atoms with van der Waals surface area (Å²) in [5, 5.41) is 26.1. The van der Waals surface area contributed by atoms with Crippen LogP contribution in [0.1, 0.15) is 11.1 Å². The second-order valence-corrected chi connectivity index (χ2v) is 12.8. The van der Waals surface area contributed by atoms with Gasteiger partial charge in [0.05, 0.1) is 34.6 Å². The molecular weight excluding hydrogens is 633 g/mol. The van der Waals surface area contributed by atoms with Crippen molar-refractivity contribution < 1.29 is 0 Å². The first-order chi connectivity index (χ1) is 25.7. The Morgan fingerprint density at radius 2 is 0.692 bits per heavy atom. The largest absolute Gasteiger partial charge is 0.310 e. The van der Waals surface area contributed by atoms with E-state index in [1.807, 2.05) is 60.7 Å². The standard InChI is InChI=1S/C48H30N4/c49-31-33-11-21-40(22-12-33)51(39-9-5-2-6-10-39)45-29-19-37-18-28-44-46(30-20-38-17-27-43(45)47(37)48(38)44)52(41-23-13-34(32-50)14-24-41)42-25-15-36(16-26-42)35-7-3-1-4-8-35/h1-30H. The van der Waals surface area contributed by atoms with Crippen LogP contribution in [0.15, 0.2) is 182 Å². The van der Waals surface area contributed by atoms with E-state index in [0.717, 1.165) is 55.8 Å². The SMILES string of the molecule is N#Cc1ccc(N(c2ccccc2)c2ccc3ccc4c(N(c5ccc(C#N)cc5)c5ccc(-c6ccccc6)cc5)ccc5ccc2c3c54)cc1. The van der Waals surface area contributed by atoms with Gasteiger partial charge in [-0.25, -0.2) is 0 Å². The van der Waals surface area contributed by atoms with Gasteiger partial charge < -0.3 is 9.80 Å². The molecule has 0 aliphatic rings. The van der Waals surface area contributed by atoms with Gasteiger partial charge in [0.2, 0.25) is 0 Å². The summed E-state index contributed by atoms with van der Waals surface area (Å²) in [7, 11) is 0. The Hall–Kier alpha value is -7.40. The predicted molar refractivity (Wildman–Crippen MR) is 214 cm³/mol. The molecule has 0 atom stereocenters. The third kappa shape index (κ3) is 5.24. The lowest BCUT2D eigenvalue weighted by Gasteiger charge is -2.29. The molecule has 0 aliphatic carbocycles. The molecule has 4 nitrogen and oxygen atoms in total. The normalized spacial score (nSPS) is 11.0. The molecule has 0 aliphatic heterocycles. The average molecular weight is 663 g/mol. The summed E-state index contributed by atoms with van der Waals surface area (Å²) in [6.45, 7) is 0. The molecule has 0 heterocycles. The van der Waals surface area contributed by atoms with Crippen molar-refractivity contribution in [3.8, 4) is 23.3 Å². The Labute approximate surface area is 302 Å². The number of anilines is 6. The molecule has 52 heavy (non-hydrogen) atoms. The van der Waals surface area contributed by atoms with Crippen LogP contribution in [0.2, 0.25) is 0 Å². The first kappa shape index (κ1) is 30.6. The number of nitriles is 2. The topological polar surface area (TPSA) is 54.1 Å². The number of nitrogens with zero attached hydrogens (tertiary/aromatic N) is 4. The zero-order valence-electron chi connectivity index (χ0n) is 28.1. The van der Waals surface area contributed by atoms with Gasteiger partial charge in [-0.2, -0.15) is 10.5 Å². The highest BCUT2D eigenvalue weighted by Gasteiger charge is 2.22. The van der Waals surface area contributed by atoms with Crippen molar-refractivity contribution in [1.29, 1.82) is 10.5 Å². The van der Waals surface area contributed by atoms with E-state index in [1.165, 1.54) is 21.7 Å². The maximum atomic E-state index is 9.59. The van der Waals surface area contributed by atoms with Gasteiger partial charge in [0, 0.05) is 33.5 Å². The maximum Gasteiger partial charge on any atom is 0.0991 e. The predicted octanol–water partition coefficient (Wildman–Crippen LogP) is 12.9. The van der Waals surface area contributed by atoms with Crippen LogP contribution in [0.5, 0.6) is 0 Å². The zero-order chi connectivity index (χ0) is 35.0. The van der Waals surface area contributed by atoms with E-state index in [2.05, 4.69) is 143 Å². The summed E-state index contributed by atoms with van der Waals surface area (Å²) in [6.07, 6.45) is 0. The zero-order valence-corrected chi connectivity index (χ0v) is 28.1. The Balaban J connectivity index is 1.26. The Morgan fingerprint density at radius 3 is 1.13 bits per heavy atom. The number of para-hydroxylation sites is 1. The molecule has 0 amide bonds. The van der Waals surface area contributed by atoms with Crippen LogP contribution in [0.4, 0.5) is 34.1 Å². The maximum absolute atomic E-state index is 9.59. The van der Waals surface area contributed by atoms with Crippen molar-refractivity contribution in [3.05, 3.63) is 193 Å². The molecule has 0 fully saturated rings. The van der Waals surface area contributed by atoms with E-state index >= 15 is 0 Å². The quantitative estimate of drug-likeness (QED) is 0.159. The highest BCUT2D eigenvalue weighted by atomic mass is 15.1. The lowest BCUT2D eigenvalue weighted by atomic mass is 9.91. The molecule has 242 valence electrons. The third-order valence-electron chi connectivity index (χ3n) is 9.86. The lowest BCUT2D eigenvalue weighted by molar-refractivity contribution is 1.29. The number of hydrogen-bond acceptors (Lipinski definition) is 4.